The van der Waals surface area contributed by atoms with Gasteiger partial charge in [-0.15, -0.1) is 5.11 Å². The van der Waals surface area contributed by atoms with Gasteiger partial charge >= 0.3 is 5.97 Å². The summed E-state index contributed by atoms with van der Waals surface area (Å²) in [7, 11) is 1.35. The van der Waals surface area contributed by atoms with Gasteiger partial charge in [0.2, 0.25) is 0 Å². The third-order valence-corrected chi connectivity index (χ3v) is 2.36. The molecule has 1 aliphatic rings. The molecule has 1 aromatic rings. The van der Waals surface area contributed by atoms with Crippen LogP contribution in [0.5, 0.6) is 0 Å². The first-order valence-electron chi connectivity index (χ1n) is 5.69. The maximum absolute atomic E-state index is 11.3. The molecule has 0 aliphatic carbocycles. The molecule has 1 aromatic carbocycles. The normalized spacial score (nSPS) is 13.8. The number of hydrogen-bond donors (Lipinski definition) is 0. The fraction of sp³-hybridized carbons (Fsp3) is 0.0714. The molecular formula is C14H13N3O2. The Morgan fingerprint density at radius 3 is 2.26 bits per heavy atom. The minimum Gasteiger partial charge on any atom is -0.465 e. The van der Waals surface area contributed by atoms with E-state index >= 15 is 0 Å². The third kappa shape index (κ3) is 3.64. The van der Waals surface area contributed by atoms with E-state index in [1.165, 1.54) is 7.11 Å². The largest absolute Gasteiger partial charge is 0.465 e. The van der Waals surface area contributed by atoms with Crippen molar-refractivity contribution in [1.82, 2.24) is 5.01 Å². The average molecular weight is 255 g/mol. The molecule has 0 saturated heterocycles. The maximum Gasteiger partial charge on any atom is 0.337 e. The molecule has 0 N–H and O–H groups in total. The van der Waals surface area contributed by atoms with E-state index in [-0.39, 0.29) is 5.97 Å². The smallest absolute Gasteiger partial charge is 0.337 e. The zero-order valence-corrected chi connectivity index (χ0v) is 10.4. The molecular weight excluding hydrogens is 242 g/mol. The van der Waals surface area contributed by atoms with E-state index in [2.05, 4.69) is 15.1 Å². The Bertz CT molecular complexity index is 541. The van der Waals surface area contributed by atoms with Gasteiger partial charge in [0.25, 0.3) is 0 Å². The second-order valence-electron chi connectivity index (χ2n) is 3.68. The summed E-state index contributed by atoms with van der Waals surface area (Å²) < 4.78 is 4.62. The lowest BCUT2D eigenvalue weighted by Gasteiger charge is -2.04. The number of esters is 1. The minimum atomic E-state index is -0.368. The summed E-state index contributed by atoms with van der Waals surface area (Å²) >= 11 is 0. The van der Waals surface area contributed by atoms with Gasteiger partial charge < -0.3 is 4.74 Å². The van der Waals surface area contributed by atoms with E-state index in [0.717, 1.165) is 0 Å². The van der Waals surface area contributed by atoms with E-state index in [0.29, 0.717) is 11.3 Å². The lowest BCUT2D eigenvalue weighted by Crippen LogP contribution is -2.00. The molecule has 0 spiro atoms. The Hall–Kier alpha value is -2.69. The van der Waals surface area contributed by atoms with Gasteiger partial charge in [0.1, 0.15) is 0 Å². The zero-order valence-electron chi connectivity index (χ0n) is 10.4. The SMILES string of the molecule is COC(=O)c1ccc(N=NN2C=CC=CC=C2)cc1. The molecule has 0 fully saturated rings. The molecule has 5 nitrogen and oxygen atoms in total. The van der Waals surface area contributed by atoms with Gasteiger partial charge in [-0.25, -0.2) is 9.80 Å². The summed E-state index contributed by atoms with van der Waals surface area (Å²) in [6.07, 6.45) is 11.1. The molecule has 2 rings (SSSR count). The van der Waals surface area contributed by atoms with Gasteiger partial charge in [-0.2, -0.15) is 0 Å². The van der Waals surface area contributed by atoms with Gasteiger partial charge in [-0.05, 0) is 36.4 Å². The van der Waals surface area contributed by atoms with E-state index in [1.54, 1.807) is 41.7 Å². The molecule has 0 atom stereocenters. The van der Waals surface area contributed by atoms with Crippen molar-refractivity contribution in [1.29, 1.82) is 0 Å². The molecule has 0 unspecified atom stereocenters. The number of rotatable bonds is 3. The number of carbonyl (C=O) groups is 1. The summed E-state index contributed by atoms with van der Waals surface area (Å²) in [4.78, 5) is 11.3. The summed E-state index contributed by atoms with van der Waals surface area (Å²) in [6.45, 7) is 0. The number of nitrogens with zero attached hydrogens (tertiary/aromatic N) is 3. The van der Waals surface area contributed by atoms with Gasteiger partial charge in [0.05, 0.1) is 18.4 Å². The van der Waals surface area contributed by atoms with Crippen LogP contribution in [0, 0.1) is 0 Å². The molecule has 96 valence electrons. The van der Waals surface area contributed by atoms with Crippen LogP contribution in [0.3, 0.4) is 0 Å². The van der Waals surface area contributed by atoms with Crippen LogP contribution in [-0.2, 0) is 4.74 Å². The number of hydrogen-bond acceptors (Lipinski definition) is 4. The topological polar surface area (TPSA) is 54.3 Å². The predicted molar refractivity (Wildman–Crippen MR) is 71.6 cm³/mol. The van der Waals surface area contributed by atoms with Crippen molar-refractivity contribution in [2.45, 2.75) is 0 Å². The van der Waals surface area contributed by atoms with Gasteiger partial charge in [-0.3, -0.25) is 0 Å². The van der Waals surface area contributed by atoms with Crippen LogP contribution < -0.4 is 0 Å². The fourth-order valence-electron chi connectivity index (χ4n) is 1.40. The molecule has 5 heteroatoms. The molecule has 0 amide bonds. The highest BCUT2D eigenvalue weighted by atomic mass is 16.5. The Morgan fingerprint density at radius 2 is 1.68 bits per heavy atom. The van der Waals surface area contributed by atoms with Gasteiger partial charge in [0, 0.05) is 12.4 Å². The van der Waals surface area contributed by atoms with Gasteiger partial charge in [-0.1, -0.05) is 17.4 Å². The first-order chi connectivity index (χ1) is 9.29. The van der Waals surface area contributed by atoms with Crippen molar-refractivity contribution < 1.29 is 9.53 Å². The summed E-state index contributed by atoms with van der Waals surface area (Å²) in [5, 5.41) is 9.69. The highest BCUT2D eigenvalue weighted by Crippen LogP contribution is 2.15. The van der Waals surface area contributed by atoms with Crippen molar-refractivity contribution in [3.8, 4) is 0 Å². The molecule has 19 heavy (non-hydrogen) atoms. The first kappa shape index (κ1) is 12.8. The Morgan fingerprint density at radius 1 is 1.05 bits per heavy atom. The van der Waals surface area contributed by atoms with Crippen LogP contribution in [0.15, 0.2) is 71.3 Å². The number of methoxy groups -OCH3 is 1. The predicted octanol–water partition coefficient (Wildman–Crippen LogP) is 3.37. The monoisotopic (exact) mass is 255 g/mol. The Balaban J connectivity index is 2.05. The zero-order chi connectivity index (χ0) is 13.5. The number of carbonyl (C=O) groups excluding carboxylic acids is 1. The second kappa shape index (κ2) is 6.30. The second-order valence-corrected chi connectivity index (χ2v) is 3.68. The van der Waals surface area contributed by atoms with Crippen LogP contribution in [0.4, 0.5) is 5.69 Å². The summed E-state index contributed by atoms with van der Waals surface area (Å²) in [5.74, 6) is -0.368. The first-order valence-corrected chi connectivity index (χ1v) is 5.69. The van der Waals surface area contributed by atoms with E-state index < -0.39 is 0 Å². The number of allylic oxidation sites excluding steroid dienone is 4. The Labute approximate surface area is 111 Å². The average Bonchev–Trinajstić information content (AvgIpc) is 2.73. The van der Waals surface area contributed by atoms with E-state index in [9.17, 15) is 4.79 Å². The molecule has 0 saturated carbocycles. The van der Waals surface area contributed by atoms with Crippen LogP contribution >= 0.6 is 0 Å². The van der Waals surface area contributed by atoms with Crippen LogP contribution in [0.1, 0.15) is 10.4 Å². The van der Waals surface area contributed by atoms with Crippen LogP contribution in [-0.4, -0.2) is 18.1 Å². The Kier molecular flexibility index (Phi) is 4.23. The molecule has 0 aromatic heterocycles. The van der Waals surface area contributed by atoms with Crippen molar-refractivity contribution in [2.75, 3.05) is 7.11 Å². The van der Waals surface area contributed by atoms with Crippen molar-refractivity contribution in [3.63, 3.8) is 0 Å². The van der Waals surface area contributed by atoms with Crippen LogP contribution in [0.25, 0.3) is 0 Å². The lowest BCUT2D eigenvalue weighted by atomic mass is 10.2. The molecule has 1 heterocycles. The van der Waals surface area contributed by atoms with Crippen molar-refractivity contribution >= 4 is 11.7 Å². The van der Waals surface area contributed by atoms with Crippen LogP contribution in [0.2, 0.25) is 0 Å². The molecule has 0 radical (unpaired) electrons. The highest BCUT2D eigenvalue weighted by Gasteiger charge is 2.03. The molecule has 0 bridgehead atoms. The highest BCUT2D eigenvalue weighted by molar-refractivity contribution is 5.89. The maximum atomic E-state index is 11.3. The third-order valence-electron chi connectivity index (χ3n) is 2.36. The van der Waals surface area contributed by atoms with Crippen molar-refractivity contribution in [3.05, 3.63) is 66.5 Å². The summed E-state index contributed by atoms with van der Waals surface area (Å²) in [6, 6.07) is 6.71. The minimum absolute atomic E-state index is 0.368. The van der Waals surface area contributed by atoms with E-state index in [1.807, 2.05) is 24.3 Å². The molecule has 1 aliphatic heterocycles. The quantitative estimate of drug-likeness (QED) is 0.614. The fourth-order valence-corrected chi connectivity index (χ4v) is 1.40. The number of ether oxygens (including phenoxy) is 1. The van der Waals surface area contributed by atoms with Crippen molar-refractivity contribution in [2.24, 2.45) is 10.3 Å². The van der Waals surface area contributed by atoms with E-state index in [4.69, 9.17) is 0 Å². The van der Waals surface area contributed by atoms with Gasteiger partial charge in [0.15, 0.2) is 0 Å². The summed E-state index contributed by atoms with van der Waals surface area (Å²) in [5.41, 5.74) is 1.15. The number of benzene rings is 1. The standard InChI is InChI=1S/C14H13N3O2/c1-19-14(18)12-6-8-13(9-7-12)15-16-17-10-4-2-3-5-11-17/h2-11H,1H3. The lowest BCUT2D eigenvalue weighted by molar-refractivity contribution is 0.0601.